The van der Waals surface area contributed by atoms with Crippen molar-refractivity contribution in [2.24, 2.45) is 5.41 Å². The number of nitrogen functional groups attached to an aromatic ring is 1. The molecular weight excluding hydrogens is 525 g/mol. The molecule has 1 saturated heterocycles. The molecule has 1 aliphatic heterocycles. The minimum Gasteiger partial charge on any atom is -0.397 e. The minimum atomic E-state index is -0.277. The SMILES string of the molecule is CN(C)C1CCC2(CC1)CCN(c1ccc(Nc3ncc(Cl)c(Nc4ccccc4P(C)C)n3)cc1N)CC2. The second-order valence-electron chi connectivity index (χ2n) is 11.5. The standard InChI is InChI=1S/C30H41ClN7P/c1-37(2)22-11-13-30(14-12-22)15-17-38(18-16-30)26-10-9-21(19-24(26)32)34-29-33-20-23(31)28(36-29)35-25-7-5-6-8-27(25)39(3)4/h5-10,19-20,22H,11-18,32H2,1-4H3,(H2,33,34,35,36). The van der Waals surface area contributed by atoms with Gasteiger partial charge in [-0.2, -0.15) is 4.98 Å². The van der Waals surface area contributed by atoms with E-state index in [1.807, 2.05) is 12.1 Å². The second-order valence-corrected chi connectivity index (χ2v) is 14.2. The fourth-order valence-electron chi connectivity index (χ4n) is 6.11. The summed E-state index contributed by atoms with van der Waals surface area (Å²) in [5.74, 6) is 1.04. The molecule has 3 aromatic rings. The first kappa shape index (κ1) is 27.9. The Hall–Kier alpha value is -2.60. The van der Waals surface area contributed by atoms with E-state index in [4.69, 9.17) is 17.3 Å². The maximum absolute atomic E-state index is 6.57. The first-order chi connectivity index (χ1) is 18.7. The van der Waals surface area contributed by atoms with Crippen LogP contribution in [0.5, 0.6) is 0 Å². The number of nitrogens with zero attached hydrogens (tertiary/aromatic N) is 4. The van der Waals surface area contributed by atoms with Crippen LogP contribution in [0.15, 0.2) is 48.7 Å². The van der Waals surface area contributed by atoms with Crippen LogP contribution in [0.2, 0.25) is 5.02 Å². The third-order valence-corrected chi connectivity index (χ3v) is 10.2. The van der Waals surface area contributed by atoms with Gasteiger partial charge < -0.3 is 26.2 Å². The average Bonchev–Trinajstić information content (AvgIpc) is 2.92. The van der Waals surface area contributed by atoms with Gasteiger partial charge in [0, 0.05) is 30.5 Å². The zero-order valence-corrected chi connectivity index (χ0v) is 25.2. The number of anilines is 6. The van der Waals surface area contributed by atoms with Gasteiger partial charge in [-0.25, -0.2) is 4.98 Å². The van der Waals surface area contributed by atoms with Crippen molar-refractivity contribution in [3.63, 3.8) is 0 Å². The predicted octanol–water partition coefficient (Wildman–Crippen LogP) is 6.66. The van der Waals surface area contributed by atoms with Crippen molar-refractivity contribution in [3.8, 4) is 0 Å². The third-order valence-electron chi connectivity index (χ3n) is 8.58. The number of nitrogens with one attached hydrogen (secondary N) is 2. The van der Waals surface area contributed by atoms with Gasteiger partial charge in [0.25, 0.3) is 0 Å². The Labute approximate surface area is 239 Å². The summed E-state index contributed by atoms with van der Waals surface area (Å²) in [4.78, 5) is 13.9. The van der Waals surface area contributed by atoms with Crippen molar-refractivity contribution in [2.45, 2.75) is 44.6 Å². The molecule has 0 radical (unpaired) electrons. The van der Waals surface area contributed by atoms with Crippen molar-refractivity contribution in [1.82, 2.24) is 14.9 Å². The highest BCUT2D eigenvalue weighted by molar-refractivity contribution is 7.64. The summed E-state index contributed by atoms with van der Waals surface area (Å²) < 4.78 is 0. The molecule has 1 aromatic heterocycles. The molecule has 0 bridgehead atoms. The van der Waals surface area contributed by atoms with Crippen LogP contribution in [0, 0.1) is 5.41 Å². The van der Waals surface area contributed by atoms with Gasteiger partial charge in [0.2, 0.25) is 5.95 Å². The van der Waals surface area contributed by atoms with Crippen molar-refractivity contribution in [2.75, 3.05) is 61.8 Å². The number of halogens is 1. The molecule has 4 N–H and O–H groups in total. The van der Waals surface area contributed by atoms with Crippen LogP contribution in [0.3, 0.4) is 0 Å². The maximum Gasteiger partial charge on any atom is 0.229 e. The summed E-state index contributed by atoms with van der Waals surface area (Å²) in [6, 6.07) is 15.2. The topological polar surface area (TPSA) is 82.3 Å². The van der Waals surface area contributed by atoms with Crippen LogP contribution >= 0.6 is 19.5 Å². The lowest BCUT2D eigenvalue weighted by molar-refractivity contribution is 0.0924. The van der Waals surface area contributed by atoms with E-state index in [1.165, 1.54) is 43.8 Å². The molecule has 2 fully saturated rings. The Morgan fingerprint density at radius 3 is 2.41 bits per heavy atom. The van der Waals surface area contributed by atoms with Gasteiger partial charge in [0.1, 0.15) is 5.02 Å². The molecule has 0 amide bonds. The zero-order valence-electron chi connectivity index (χ0n) is 23.5. The molecule has 2 aromatic carbocycles. The summed E-state index contributed by atoms with van der Waals surface area (Å²) in [6.45, 7) is 6.60. The van der Waals surface area contributed by atoms with E-state index in [0.29, 0.717) is 22.2 Å². The van der Waals surface area contributed by atoms with Gasteiger partial charge >= 0.3 is 0 Å². The fraction of sp³-hybridized carbons (Fsp3) is 0.467. The zero-order chi connectivity index (χ0) is 27.6. The lowest BCUT2D eigenvalue weighted by Crippen LogP contribution is -2.44. The number of piperidine rings is 1. The first-order valence-electron chi connectivity index (χ1n) is 13.9. The van der Waals surface area contributed by atoms with Crippen molar-refractivity contribution >= 4 is 59.3 Å². The number of rotatable bonds is 7. The molecule has 208 valence electrons. The number of para-hydroxylation sites is 1. The first-order valence-corrected chi connectivity index (χ1v) is 16.5. The Balaban J connectivity index is 1.23. The number of benzene rings is 2. The number of nitrogens with two attached hydrogens (primary N) is 1. The highest BCUT2D eigenvalue weighted by Crippen LogP contribution is 2.46. The van der Waals surface area contributed by atoms with Crippen LogP contribution < -0.4 is 26.6 Å². The lowest BCUT2D eigenvalue weighted by Gasteiger charge is -2.47. The number of hydrogen-bond donors (Lipinski definition) is 3. The summed E-state index contributed by atoms with van der Waals surface area (Å²) in [5.41, 5.74) is 10.8. The van der Waals surface area contributed by atoms with Crippen molar-refractivity contribution < 1.29 is 0 Å². The second kappa shape index (κ2) is 11.9. The van der Waals surface area contributed by atoms with E-state index in [9.17, 15) is 0 Å². The van der Waals surface area contributed by atoms with Crippen LogP contribution in [0.4, 0.5) is 34.5 Å². The molecule has 1 aliphatic carbocycles. The third kappa shape index (κ3) is 6.42. The fourth-order valence-corrected chi connectivity index (χ4v) is 7.25. The highest BCUT2D eigenvalue weighted by Gasteiger charge is 2.38. The molecule has 1 saturated carbocycles. The molecule has 39 heavy (non-hydrogen) atoms. The Morgan fingerprint density at radius 2 is 1.74 bits per heavy atom. The van der Waals surface area contributed by atoms with Crippen molar-refractivity contribution in [1.29, 1.82) is 0 Å². The van der Waals surface area contributed by atoms with Crippen LogP contribution in [0.1, 0.15) is 38.5 Å². The molecule has 0 atom stereocenters. The maximum atomic E-state index is 6.57. The molecule has 5 rings (SSSR count). The van der Waals surface area contributed by atoms with E-state index in [-0.39, 0.29) is 7.92 Å². The van der Waals surface area contributed by atoms with E-state index in [1.54, 1.807) is 6.20 Å². The van der Waals surface area contributed by atoms with Gasteiger partial charge in [-0.1, -0.05) is 37.7 Å². The normalized spacial score (nSPS) is 17.7. The number of aromatic nitrogens is 2. The average molecular weight is 566 g/mol. The minimum absolute atomic E-state index is 0.277. The van der Waals surface area contributed by atoms with Gasteiger partial charge in [0.05, 0.1) is 17.6 Å². The smallest absolute Gasteiger partial charge is 0.229 e. The van der Waals surface area contributed by atoms with Crippen LogP contribution in [-0.2, 0) is 0 Å². The molecule has 2 heterocycles. The van der Waals surface area contributed by atoms with E-state index < -0.39 is 0 Å². The monoisotopic (exact) mass is 565 g/mol. The van der Waals surface area contributed by atoms with E-state index in [2.05, 4.69) is 88.2 Å². The predicted molar refractivity (Wildman–Crippen MR) is 169 cm³/mol. The van der Waals surface area contributed by atoms with E-state index >= 15 is 0 Å². The number of hydrogen-bond acceptors (Lipinski definition) is 7. The molecule has 0 unspecified atom stereocenters. The Morgan fingerprint density at radius 1 is 1.03 bits per heavy atom. The van der Waals surface area contributed by atoms with Crippen molar-refractivity contribution in [3.05, 3.63) is 53.7 Å². The molecule has 9 heteroatoms. The summed E-state index contributed by atoms with van der Waals surface area (Å²) in [5, 5.41) is 8.45. The highest BCUT2D eigenvalue weighted by atomic mass is 35.5. The molecule has 2 aliphatic rings. The lowest BCUT2D eigenvalue weighted by atomic mass is 9.66. The molecular formula is C30H41ClN7P. The van der Waals surface area contributed by atoms with Gasteiger partial charge in [-0.05, 0) is 101 Å². The van der Waals surface area contributed by atoms with Crippen LogP contribution in [-0.4, -0.2) is 61.4 Å². The summed E-state index contributed by atoms with van der Waals surface area (Å²) >= 11 is 6.45. The van der Waals surface area contributed by atoms with Crippen LogP contribution in [0.25, 0.3) is 0 Å². The van der Waals surface area contributed by atoms with Gasteiger partial charge in [-0.15, -0.1) is 0 Å². The van der Waals surface area contributed by atoms with Gasteiger partial charge in [0.15, 0.2) is 5.82 Å². The largest absolute Gasteiger partial charge is 0.397 e. The van der Waals surface area contributed by atoms with E-state index in [0.717, 1.165) is 41.9 Å². The molecule has 7 nitrogen and oxygen atoms in total. The quantitative estimate of drug-likeness (QED) is 0.218. The molecule has 1 spiro atoms. The summed E-state index contributed by atoms with van der Waals surface area (Å²) in [6.07, 6.45) is 9.48. The van der Waals surface area contributed by atoms with Gasteiger partial charge in [-0.3, -0.25) is 0 Å². The Kier molecular flexibility index (Phi) is 8.51. The Bertz CT molecular complexity index is 1280. The summed E-state index contributed by atoms with van der Waals surface area (Å²) in [7, 11) is 4.16.